The van der Waals surface area contributed by atoms with Crippen molar-refractivity contribution < 1.29 is 0 Å². The molecular formula is C19H35N. The lowest BCUT2D eigenvalue weighted by atomic mass is 9.50. The maximum absolute atomic E-state index is 3.96. The first kappa shape index (κ1) is 14.9. The molecule has 0 spiro atoms. The van der Waals surface area contributed by atoms with E-state index in [0.29, 0.717) is 0 Å². The molecule has 0 aromatic heterocycles. The molecule has 4 aliphatic carbocycles. The van der Waals surface area contributed by atoms with Gasteiger partial charge in [0.25, 0.3) is 0 Å². The van der Waals surface area contributed by atoms with Crippen LogP contribution in [-0.2, 0) is 0 Å². The molecule has 116 valence electrons. The fraction of sp³-hybridized carbons (Fsp3) is 1.00. The van der Waals surface area contributed by atoms with Gasteiger partial charge in [0.2, 0.25) is 0 Å². The van der Waals surface area contributed by atoms with E-state index in [-0.39, 0.29) is 0 Å². The Morgan fingerprint density at radius 2 is 1.55 bits per heavy atom. The molecule has 1 N–H and O–H groups in total. The number of hydrogen-bond donors (Lipinski definition) is 1. The summed E-state index contributed by atoms with van der Waals surface area (Å²) < 4.78 is 0. The molecule has 0 aromatic rings. The van der Waals surface area contributed by atoms with Gasteiger partial charge in [0.1, 0.15) is 0 Å². The summed E-state index contributed by atoms with van der Waals surface area (Å²) in [6.07, 6.45) is 11.9. The van der Waals surface area contributed by atoms with Gasteiger partial charge in [-0.25, -0.2) is 0 Å². The summed E-state index contributed by atoms with van der Waals surface area (Å²) in [5.41, 5.74) is 0. The second-order valence-electron chi connectivity index (χ2n) is 8.32. The van der Waals surface area contributed by atoms with Crippen LogP contribution in [0.4, 0.5) is 0 Å². The van der Waals surface area contributed by atoms with Gasteiger partial charge in [0.05, 0.1) is 0 Å². The van der Waals surface area contributed by atoms with E-state index in [1.807, 2.05) is 0 Å². The first-order valence-corrected chi connectivity index (χ1v) is 9.44. The van der Waals surface area contributed by atoms with Gasteiger partial charge >= 0.3 is 0 Å². The zero-order valence-corrected chi connectivity index (χ0v) is 13.9. The van der Waals surface area contributed by atoms with E-state index < -0.39 is 0 Å². The zero-order valence-electron chi connectivity index (χ0n) is 13.9. The largest absolute Gasteiger partial charge is 0.314 e. The number of nitrogens with one attached hydrogen (secondary N) is 1. The Balaban J connectivity index is 1.69. The van der Waals surface area contributed by atoms with Crippen LogP contribution in [0.1, 0.15) is 72.1 Å². The molecule has 0 heterocycles. The second kappa shape index (κ2) is 6.38. The predicted molar refractivity (Wildman–Crippen MR) is 86.7 cm³/mol. The highest BCUT2D eigenvalue weighted by Gasteiger charge is 2.50. The fourth-order valence-corrected chi connectivity index (χ4v) is 5.93. The monoisotopic (exact) mass is 277 g/mol. The normalized spacial score (nSPS) is 41.9. The third kappa shape index (κ3) is 2.93. The van der Waals surface area contributed by atoms with E-state index in [1.54, 1.807) is 32.1 Å². The van der Waals surface area contributed by atoms with E-state index in [4.69, 9.17) is 0 Å². The SMILES string of the molecule is CCCNC(CC(C)CC)C1C2CC3CC(C2)CC1C3. The fourth-order valence-electron chi connectivity index (χ4n) is 5.93. The molecule has 0 aliphatic heterocycles. The van der Waals surface area contributed by atoms with Crippen LogP contribution < -0.4 is 5.32 Å². The summed E-state index contributed by atoms with van der Waals surface area (Å²) in [7, 11) is 0. The lowest BCUT2D eigenvalue weighted by Crippen LogP contribution is -2.53. The number of hydrogen-bond acceptors (Lipinski definition) is 1. The summed E-state index contributed by atoms with van der Waals surface area (Å²) >= 11 is 0. The molecule has 4 rings (SSSR count). The Kier molecular flexibility index (Phi) is 4.75. The standard InChI is InChI=1S/C19H35N/c1-4-6-20-18(7-13(3)5-2)19-16-9-14-8-15(11-16)12-17(19)10-14/h13-20H,4-12H2,1-3H3. The topological polar surface area (TPSA) is 12.0 Å². The highest BCUT2D eigenvalue weighted by Crippen LogP contribution is 2.57. The van der Waals surface area contributed by atoms with Crippen molar-refractivity contribution in [1.82, 2.24) is 5.32 Å². The third-order valence-electron chi connectivity index (χ3n) is 6.77. The van der Waals surface area contributed by atoms with Gasteiger partial charge < -0.3 is 5.32 Å². The van der Waals surface area contributed by atoms with Crippen LogP contribution in [0.2, 0.25) is 0 Å². The zero-order chi connectivity index (χ0) is 14.1. The average molecular weight is 277 g/mol. The van der Waals surface area contributed by atoms with E-state index in [0.717, 1.165) is 41.5 Å². The van der Waals surface area contributed by atoms with Gasteiger partial charge in [-0.2, -0.15) is 0 Å². The Labute approximate surface area is 126 Å². The van der Waals surface area contributed by atoms with Crippen LogP contribution in [0.15, 0.2) is 0 Å². The average Bonchev–Trinajstić information content (AvgIpc) is 2.43. The molecule has 2 unspecified atom stereocenters. The third-order valence-corrected chi connectivity index (χ3v) is 6.77. The van der Waals surface area contributed by atoms with Crippen molar-refractivity contribution in [1.29, 1.82) is 0 Å². The molecule has 4 fully saturated rings. The van der Waals surface area contributed by atoms with E-state index in [9.17, 15) is 0 Å². The Morgan fingerprint density at radius 3 is 2.05 bits per heavy atom. The Bertz CT molecular complexity index is 283. The lowest BCUT2D eigenvalue weighted by Gasteiger charge is -2.57. The Hall–Kier alpha value is -0.0400. The van der Waals surface area contributed by atoms with Crippen molar-refractivity contribution in [2.75, 3.05) is 6.54 Å². The van der Waals surface area contributed by atoms with Crippen molar-refractivity contribution in [3.63, 3.8) is 0 Å². The van der Waals surface area contributed by atoms with Crippen LogP contribution in [0, 0.1) is 35.5 Å². The van der Waals surface area contributed by atoms with Crippen molar-refractivity contribution in [3.8, 4) is 0 Å². The van der Waals surface area contributed by atoms with Crippen LogP contribution in [-0.4, -0.2) is 12.6 Å². The van der Waals surface area contributed by atoms with Crippen molar-refractivity contribution in [2.24, 2.45) is 35.5 Å². The minimum Gasteiger partial charge on any atom is -0.314 e. The molecule has 0 radical (unpaired) electrons. The maximum Gasteiger partial charge on any atom is 0.0103 e. The van der Waals surface area contributed by atoms with Crippen LogP contribution in [0.5, 0.6) is 0 Å². The first-order valence-electron chi connectivity index (χ1n) is 9.44. The van der Waals surface area contributed by atoms with Gasteiger partial charge in [-0.15, -0.1) is 0 Å². The van der Waals surface area contributed by atoms with Crippen LogP contribution >= 0.6 is 0 Å². The molecule has 0 saturated heterocycles. The van der Waals surface area contributed by atoms with E-state index in [2.05, 4.69) is 26.1 Å². The first-order chi connectivity index (χ1) is 9.71. The second-order valence-corrected chi connectivity index (χ2v) is 8.32. The van der Waals surface area contributed by atoms with Crippen molar-refractivity contribution in [3.05, 3.63) is 0 Å². The quantitative estimate of drug-likeness (QED) is 0.700. The summed E-state index contributed by atoms with van der Waals surface area (Å²) in [5.74, 6) is 6.28. The minimum absolute atomic E-state index is 0.819. The molecule has 4 aliphatic rings. The molecule has 4 saturated carbocycles. The Morgan fingerprint density at radius 1 is 0.950 bits per heavy atom. The van der Waals surface area contributed by atoms with Crippen molar-refractivity contribution >= 4 is 0 Å². The number of rotatable bonds is 7. The lowest BCUT2D eigenvalue weighted by molar-refractivity contribution is -0.0546. The van der Waals surface area contributed by atoms with Gasteiger partial charge in [0, 0.05) is 6.04 Å². The summed E-state index contributed by atoms with van der Waals surface area (Å²) in [6, 6.07) is 0.819. The van der Waals surface area contributed by atoms with E-state index in [1.165, 1.54) is 25.8 Å². The van der Waals surface area contributed by atoms with Crippen LogP contribution in [0.3, 0.4) is 0 Å². The molecule has 4 bridgehead atoms. The molecular weight excluding hydrogens is 242 g/mol. The summed E-state index contributed by atoms with van der Waals surface area (Å²) in [4.78, 5) is 0. The van der Waals surface area contributed by atoms with Crippen LogP contribution in [0.25, 0.3) is 0 Å². The predicted octanol–water partition coefficient (Wildman–Crippen LogP) is 4.86. The maximum atomic E-state index is 3.96. The van der Waals surface area contributed by atoms with Crippen molar-refractivity contribution in [2.45, 2.75) is 78.2 Å². The highest BCUT2D eigenvalue weighted by atomic mass is 14.9. The molecule has 0 amide bonds. The van der Waals surface area contributed by atoms with Gasteiger partial charge in [-0.05, 0) is 87.0 Å². The summed E-state index contributed by atoms with van der Waals surface area (Å²) in [5, 5.41) is 3.96. The smallest absolute Gasteiger partial charge is 0.0103 e. The minimum atomic E-state index is 0.819. The molecule has 1 heteroatoms. The molecule has 2 atom stereocenters. The van der Waals surface area contributed by atoms with Gasteiger partial charge in [0.15, 0.2) is 0 Å². The molecule has 0 aromatic carbocycles. The van der Waals surface area contributed by atoms with Gasteiger partial charge in [-0.3, -0.25) is 0 Å². The summed E-state index contributed by atoms with van der Waals surface area (Å²) in [6.45, 7) is 8.35. The van der Waals surface area contributed by atoms with Gasteiger partial charge in [-0.1, -0.05) is 27.2 Å². The van der Waals surface area contributed by atoms with E-state index >= 15 is 0 Å². The highest BCUT2D eigenvalue weighted by molar-refractivity contribution is 5.01. The molecule has 1 nitrogen and oxygen atoms in total. The molecule has 20 heavy (non-hydrogen) atoms.